The third kappa shape index (κ3) is 6.94. The van der Waals surface area contributed by atoms with Crippen LogP contribution in [0.4, 0.5) is 4.79 Å². The van der Waals surface area contributed by atoms with Gasteiger partial charge >= 0.3 is 6.09 Å². The first-order chi connectivity index (χ1) is 16.6. The lowest BCUT2D eigenvalue weighted by atomic mass is 10.1. The van der Waals surface area contributed by atoms with E-state index in [2.05, 4.69) is 10.3 Å². The van der Waals surface area contributed by atoms with Crippen molar-refractivity contribution in [1.82, 2.24) is 15.1 Å². The molecule has 0 radical (unpaired) electrons. The number of aliphatic imine (C=N–C) groups is 1. The molecule has 0 bridgehead atoms. The van der Waals surface area contributed by atoms with Crippen molar-refractivity contribution in [1.29, 1.82) is 0 Å². The van der Waals surface area contributed by atoms with Gasteiger partial charge in [0.1, 0.15) is 11.7 Å². The van der Waals surface area contributed by atoms with Gasteiger partial charge in [-0.2, -0.15) is 0 Å². The maximum atomic E-state index is 12.5. The third-order valence-electron chi connectivity index (χ3n) is 5.50. The Morgan fingerprint density at radius 1 is 1.17 bits per heavy atom. The number of rotatable bonds is 10. The first-order valence-electron chi connectivity index (χ1n) is 10.9. The second-order valence-electron chi connectivity index (χ2n) is 7.96. The van der Waals surface area contributed by atoms with Gasteiger partial charge in [-0.15, -0.1) is 0 Å². The minimum atomic E-state index is -3.69. The SMILES string of the molecule is CN(CCc1ccc(C2=NCCN2C(=O)O)cc1)C(=O)CCNCS(=O)(=O)c1cccc(Cl)c1Cl. The average Bonchev–Trinajstić information content (AvgIpc) is 3.32. The number of halogens is 2. The minimum Gasteiger partial charge on any atom is -0.465 e. The summed E-state index contributed by atoms with van der Waals surface area (Å²) >= 11 is 11.9. The van der Waals surface area contributed by atoms with Crippen molar-refractivity contribution in [3.63, 3.8) is 0 Å². The molecule has 35 heavy (non-hydrogen) atoms. The number of likely N-dealkylation sites (N-methyl/N-ethyl adjacent to an activating group) is 1. The molecule has 9 nitrogen and oxygen atoms in total. The number of hydrogen-bond acceptors (Lipinski definition) is 6. The number of nitrogens with one attached hydrogen (secondary N) is 1. The molecule has 0 atom stereocenters. The lowest BCUT2D eigenvalue weighted by Gasteiger charge is -2.18. The maximum Gasteiger partial charge on any atom is 0.413 e. The average molecular weight is 541 g/mol. The number of benzene rings is 2. The van der Waals surface area contributed by atoms with E-state index in [1.807, 2.05) is 24.3 Å². The van der Waals surface area contributed by atoms with E-state index in [1.165, 1.54) is 23.1 Å². The minimum absolute atomic E-state index is 0.0183. The van der Waals surface area contributed by atoms with E-state index in [4.69, 9.17) is 23.2 Å². The zero-order valence-electron chi connectivity index (χ0n) is 19.1. The third-order valence-corrected chi connectivity index (χ3v) is 8.03. The van der Waals surface area contributed by atoms with Gasteiger partial charge in [0.25, 0.3) is 0 Å². The molecule has 0 spiro atoms. The molecule has 2 aromatic carbocycles. The maximum absolute atomic E-state index is 12.5. The van der Waals surface area contributed by atoms with Gasteiger partial charge in [-0.1, -0.05) is 53.5 Å². The van der Waals surface area contributed by atoms with Gasteiger partial charge in [-0.25, -0.2) is 13.2 Å². The standard InChI is InChI=1S/C23H26Cl2N4O5S/c1-28(13-10-16-5-7-17(8-6-16)22-27-12-14-29(22)23(31)32)20(30)9-11-26-15-35(33,34)19-4-2-3-18(24)21(19)25/h2-8,26H,9-15H2,1H3,(H,31,32). The van der Waals surface area contributed by atoms with E-state index in [9.17, 15) is 23.1 Å². The molecule has 1 heterocycles. The van der Waals surface area contributed by atoms with Gasteiger partial charge in [0, 0.05) is 32.1 Å². The van der Waals surface area contributed by atoms with Crippen LogP contribution in [0.15, 0.2) is 52.4 Å². The zero-order chi connectivity index (χ0) is 25.6. The van der Waals surface area contributed by atoms with Crippen molar-refractivity contribution < 1.29 is 23.1 Å². The van der Waals surface area contributed by atoms with Gasteiger partial charge in [0.05, 0.1) is 28.0 Å². The van der Waals surface area contributed by atoms with Crippen LogP contribution < -0.4 is 5.32 Å². The fourth-order valence-corrected chi connectivity index (χ4v) is 5.46. The molecule has 0 aromatic heterocycles. The fourth-order valence-electron chi connectivity index (χ4n) is 3.52. The van der Waals surface area contributed by atoms with Crippen LogP contribution in [-0.4, -0.2) is 80.3 Å². The van der Waals surface area contributed by atoms with Crippen LogP contribution in [0.25, 0.3) is 0 Å². The number of nitrogens with zero attached hydrogens (tertiary/aromatic N) is 3. The summed E-state index contributed by atoms with van der Waals surface area (Å²) in [6.45, 7) is 1.48. The number of carbonyl (C=O) groups excluding carboxylic acids is 1. The molecule has 0 fully saturated rings. The first kappa shape index (κ1) is 26.9. The molecular weight excluding hydrogens is 515 g/mol. The molecule has 0 saturated heterocycles. The highest BCUT2D eigenvalue weighted by molar-refractivity contribution is 7.91. The highest BCUT2D eigenvalue weighted by Crippen LogP contribution is 2.29. The van der Waals surface area contributed by atoms with Crippen LogP contribution in [0.2, 0.25) is 10.0 Å². The molecule has 3 rings (SSSR count). The number of carboxylic acid groups (broad SMARTS) is 1. The largest absolute Gasteiger partial charge is 0.465 e. The van der Waals surface area contributed by atoms with E-state index in [-0.39, 0.29) is 39.7 Å². The second-order valence-corrected chi connectivity index (χ2v) is 10.7. The van der Waals surface area contributed by atoms with E-state index in [0.29, 0.717) is 31.9 Å². The predicted octanol–water partition coefficient (Wildman–Crippen LogP) is 3.15. The monoisotopic (exact) mass is 540 g/mol. The van der Waals surface area contributed by atoms with E-state index < -0.39 is 15.9 Å². The summed E-state index contributed by atoms with van der Waals surface area (Å²) in [5, 5.41) is 12.2. The van der Waals surface area contributed by atoms with E-state index in [0.717, 1.165) is 11.1 Å². The topological polar surface area (TPSA) is 119 Å². The summed E-state index contributed by atoms with van der Waals surface area (Å²) < 4.78 is 24.9. The van der Waals surface area contributed by atoms with Crippen LogP contribution in [0.5, 0.6) is 0 Å². The Balaban J connectivity index is 1.43. The lowest BCUT2D eigenvalue weighted by Crippen LogP contribution is -2.33. The Morgan fingerprint density at radius 2 is 1.89 bits per heavy atom. The fraction of sp³-hybridized carbons (Fsp3) is 0.348. The normalized spacial score (nSPS) is 13.6. The summed E-state index contributed by atoms with van der Waals surface area (Å²) in [6, 6.07) is 11.8. The van der Waals surface area contributed by atoms with Crippen molar-refractivity contribution in [2.45, 2.75) is 17.7 Å². The highest BCUT2D eigenvalue weighted by atomic mass is 35.5. The van der Waals surface area contributed by atoms with Gasteiger partial charge in [0.2, 0.25) is 5.91 Å². The molecule has 2 aromatic rings. The highest BCUT2D eigenvalue weighted by Gasteiger charge is 2.24. The lowest BCUT2D eigenvalue weighted by molar-refractivity contribution is -0.129. The molecular formula is C23H26Cl2N4O5S. The molecule has 1 aliphatic heterocycles. The summed E-state index contributed by atoms with van der Waals surface area (Å²) in [4.78, 5) is 30.7. The molecule has 0 aliphatic carbocycles. The molecule has 2 amide bonds. The Bertz CT molecular complexity index is 1220. The Hall–Kier alpha value is -2.66. The second kappa shape index (κ2) is 11.9. The van der Waals surface area contributed by atoms with Gasteiger partial charge < -0.3 is 15.3 Å². The summed E-state index contributed by atoms with van der Waals surface area (Å²) in [7, 11) is -2.00. The summed E-state index contributed by atoms with van der Waals surface area (Å²) in [5.74, 6) is -0.0331. The van der Waals surface area contributed by atoms with Crippen molar-refractivity contribution in [2.24, 2.45) is 4.99 Å². The smallest absolute Gasteiger partial charge is 0.413 e. The van der Waals surface area contributed by atoms with Crippen LogP contribution in [0.1, 0.15) is 17.5 Å². The number of carbonyl (C=O) groups is 2. The van der Waals surface area contributed by atoms with Gasteiger partial charge in [-0.05, 0) is 24.1 Å². The number of hydrogen-bond donors (Lipinski definition) is 2. The number of amides is 2. The molecule has 0 unspecified atom stereocenters. The quantitative estimate of drug-likeness (QED) is 0.446. The molecule has 12 heteroatoms. The Kier molecular flexibility index (Phi) is 9.12. The number of sulfone groups is 1. The zero-order valence-corrected chi connectivity index (χ0v) is 21.4. The van der Waals surface area contributed by atoms with Crippen molar-refractivity contribution in [3.05, 3.63) is 63.6 Å². The van der Waals surface area contributed by atoms with Crippen LogP contribution in [-0.2, 0) is 21.1 Å². The van der Waals surface area contributed by atoms with Crippen LogP contribution in [0.3, 0.4) is 0 Å². The van der Waals surface area contributed by atoms with Crippen molar-refractivity contribution in [3.8, 4) is 0 Å². The molecule has 1 aliphatic rings. The summed E-state index contributed by atoms with van der Waals surface area (Å²) in [5.41, 5.74) is 1.73. The molecule has 188 valence electrons. The van der Waals surface area contributed by atoms with Crippen LogP contribution in [0, 0.1) is 0 Å². The summed E-state index contributed by atoms with van der Waals surface area (Å²) in [6.07, 6.45) is -0.267. The number of amidine groups is 1. The van der Waals surface area contributed by atoms with E-state index in [1.54, 1.807) is 11.9 Å². The predicted molar refractivity (Wildman–Crippen MR) is 135 cm³/mol. The van der Waals surface area contributed by atoms with Gasteiger partial charge in [0.15, 0.2) is 9.84 Å². The Labute approximate surface area is 214 Å². The first-order valence-corrected chi connectivity index (χ1v) is 13.3. The van der Waals surface area contributed by atoms with E-state index >= 15 is 0 Å². The molecule has 2 N–H and O–H groups in total. The van der Waals surface area contributed by atoms with Gasteiger partial charge in [-0.3, -0.25) is 14.7 Å². The van der Waals surface area contributed by atoms with Crippen LogP contribution >= 0.6 is 23.2 Å². The molecule has 0 saturated carbocycles. The Morgan fingerprint density at radius 3 is 2.57 bits per heavy atom. The van der Waals surface area contributed by atoms with Crippen molar-refractivity contribution >= 4 is 50.9 Å². The van der Waals surface area contributed by atoms with Crippen molar-refractivity contribution in [2.75, 3.05) is 39.1 Å².